The van der Waals surface area contributed by atoms with Crippen LogP contribution >= 0.6 is 0 Å². The van der Waals surface area contributed by atoms with E-state index in [1.807, 2.05) is 12.1 Å². The molecule has 1 N–H and O–H groups in total. The lowest BCUT2D eigenvalue weighted by Crippen LogP contribution is -2.11. The zero-order valence-corrected chi connectivity index (χ0v) is 10.6. The lowest BCUT2D eigenvalue weighted by atomic mass is 9.88. The SMILES string of the molecule is Cc1ccc([C@@H](O)[C@H]2/C=C\CCCCC2)cc1. The van der Waals surface area contributed by atoms with Gasteiger partial charge in [0.25, 0.3) is 0 Å². The van der Waals surface area contributed by atoms with Crippen molar-refractivity contribution in [2.45, 2.75) is 45.1 Å². The van der Waals surface area contributed by atoms with E-state index in [-0.39, 0.29) is 12.0 Å². The van der Waals surface area contributed by atoms with Crippen molar-refractivity contribution in [3.05, 3.63) is 47.5 Å². The summed E-state index contributed by atoms with van der Waals surface area (Å²) in [4.78, 5) is 0. The second kappa shape index (κ2) is 6.02. The van der Waals surface area contributed by atoms with Gasteiger partial charge in [-0.15, -0.1) is 0 Å². The van der Waals surface area contributed by atoms with Crippen LogP contribution in [0.1, 0.15) is 49.3 Å². The molecule has 0 spiro atoms. The van der Waals surface area contributed by atoms with E-state index < -0.39 is 0 Å². The molecule has 0 saturated carbocycles. The van der Waals surface area contributed by atoms with Gasteiger partial charge in [0.15, 0.2) is 0 Å². The molecule has 1 aliphatic carbocycles. The van der Waals surface area contributed by atoms with Crippen LogP contribution in [0.3, 0.4) is 0 Å². The van der Waals surface area contributed by atoms with Crippen LogP contribution in [0.2, 0.25) is 0 Å². The minimum atomic E-state index is -0.343. The van der Waals surface area contributed by atoms with Crippen LogP contribution in [-0.2, 0) is 0 Å². The molecule has 1 aromatic rings. The average Bonchev–Trinajstić information content (AvgIpc) is 2.29. The molecule has 1 aromatic carbocycles. The normalized spacial score (nSPS) is 24.7. The number of aryl methyl sites for hydroxylation is 1. The molecule has 0 radical (unpaired) electrons. The maximum absolute atomic E-state index is 10.4. The van der Waals surface area contributed by atoms with E-state index >= 15 is 0 Å². The summed E-state index contributed by atoms with van der Waals surface area (Å²) in [5.41, 5.74) is 2.29. The van der Waals surface area contributed by atoms with Gasteiger partial charge in [-0.3, -0.25) is 0 Å². The number of aliphatic hydroxyl groups is 1. The maximum Gasteiger partial charge on any atom is 0.0852 e. The van der Waals surface area contributed by atoms with E-state index in [2.05, 4.69) is 31.2 Å². The Hall–Kier alpha value is -1.08. The van der Waals surface area contributed by atoms with Crippen LogP contribution in [-0.4, -0.2) is 5.11 Å². The highest BCUT2D eigenvalue weighted by molar-refractivity contribution is 5.24. The van der Waals surface area contributed by atoms with E-state index in [1.54, 1.807) is 0 Å². The molecule has 2 atom stereocenters. The first-order chi connectivity index (χ1) is 8.27. The predicted molar refractivity (Wildman–Crippen MR) is 71.9 cm³/mol. The highest BCUT2D eigenvalue weighted by Crippen LogP contribution is 2.29. The van der Waals surface area contributed by atoms with Crippen molar-refractivity contribution < 1.29 is 5.11 Å². The third-order valence-electron chi connectivity index (χ3n) is 3.62. The van der Waals surface area contributed by atoms with Crippen LogP contribution in [0.4, 0.5) is 0 Å². The molecule has 0 aliphatic heterocycles. The van der Waals surface area contributed by atoms with Crippen molar-refractivity contribution >= 4 is 0 Å². The Bertz CT molecular complexity index is 364. The number of hydrogen-bond acceptors (Lipinski definition) is 1. The van der Waals surface area contributed by atoms with Gasteiger partial charge in [-0.1, -0.05) is 54.8 Å². The van der Waals surface area contributed by atoms with E-state index in [0.717, 1.165) is 18.4 Å². The summed E-state index contributed by atoms with van der Waals surface area (Å²) in [6.07, 6.45) is 10.2. The molecule has 0 fully saturated rings. The summed E-state index contributed by atoms with van der Waals surface area (Å²) >= 11 is 0. The van der Waals surface area contributed by atoms with E-state index in [4.69, 9.17) is 0 Å². The van der Waals surface area contributed by atoms with Crippen LogP contribution in [0, 0.1) is 12.8 Å². The van der Waals surface area contributed by atoms with Gasteiger partial charge in [0, 0.05) is 5.92 Å². The van der Waals surface area contributed by atoms with Crippen LogP contribution in [0.5, 0.6) is 0 Å². The van der Waals surface area contributed by atoms with Crippen molar-refractivity contribution in [2.24, 2.45) is 5.92 Å². The fourth-order valence-electron chi connectivity index (χ4n) is 2.46. The quantitative estimate of drug-likeness (QED) is 0.756. The Morgan fingerprint density at radius 2 is 1.88 bits per heavy atom. The van der Waals surface area contributed by atoms with Gasteiger partial charge in [0.05, 0.1) is 6.10 Å². The second-order valence-corrected chi connectivity index (χ2v) is 5.09. The number of aliphatic hydroxyl groups excluding tert-OH is 1. The summed E-state index contributed by atoms with van der Waals surface area (Å²) in [6, 6.07) is 8.25. The molecule has 1 nitrogen and oxygen atoms in total. The highest BCUT2D eigenvalue weighted by Gasteiger charge is 2.18. The van der Waals surface area contributed by atoms with E-state index in [9.17, 15) is 5.11 Å². The molecule has 0 amide bonds. The second-order valence-electron chi connectivity index (χ2n) is 5.09. The number of benzene rings is 1. The molecule has 0 unspecified atom stereocenters. The van der Waals surface area contributed by atoms with Crippen molar-refractivity contribution in [3.8, 4) is 0 Å². The third kappa shape index (κ3) is 3.44. The third-order valence-corrected chi connectivity index (χ3v) is 3.62. The van der Waals surface area contributed by atoms with E-state index in [0.29, 0.717) is 0 Å². The Labute approximate surface area is 104 Å². The standard InChI is InChI=1S/C16H22O/c1-13-9-11-15(12-10-13)16(17)14-7-5-3-2-4-6-8-14/h5,7,9-12,14,16-17H,2-4,6,8H2,1H3/b7-5-/t14-,16-/m0/s1. The molecule has 17 heavy (non-hydrogen) atoms. The largest absolute Gasteiger partial charge is 0.388 e. The van der Waals surface area contributed by atoms with Crippen LogP contribution in [0.25, 0.3) is 0 Å². The summed E-state index contributed by atoms with van der Waals surface area (Å²) < 4.78 is 0. The molecule has 0 bridgehead atoms. The Morgan fingerprint density at radius 1 is 1.12 bits per heavy atom. The lowest BCUT2D eigenvalue weighted by Gasteiger charge is -2.21. The van der Waals surface area contributed by atoms with Gasteiger partial charge in [0.2, 0.25) is 0 Å². The van der Waals surface area contributed by atoms with Gasteiger partial charge in [-0.25, -0.2) is 0 Å². The highest BCUT2D eigenvalue weighted by atomic mass is 16.3. The minimum Gasteiger partial charge on any atom is -0.388 e. The monoisotopic (exact) mass is 230 g/mol. The first-order valence-corrected chi connectivity index (χ1v) is 6.68. The zero-order chi connectivity index (χ0) is 12.1. The molecule has 2 rings (SSSR count). The summed E-state index contributed by atoms with van der Waals surface area (Å²) in [5, 5.41) is 10.4. The molecule has 1 aliphatic rings. The molecular formula is C16H22O. The number of hydrogen-bond donors (Lipinski definition) is 1. The van der Waals surface area contributed by atoms with Gasteiger partial charge in [-0.2, -0.15) is 0 Å². The molecule has 92 valence electrons. The van der Waals surface area contributed by atoms with E-state index in [1.165, 1.54) is 24.8 Å². The summed E-state index contributed by atoms with van der Waals surface area (Å²) in [5.74, 6) is 0.290. The van der Waals surface area contributed by atoms with Crippen molar-refractivity contribution in [3.63, 3.8) is 0 Å². The smallest absolute Gasteiger partial charge is 0.0852 e. The molecule has 0 aromatic heterocycles. The van der Waals surface area contributed by atoms with Crippen molar-refractivity contribution in [2.75, 3.05) is 0 Å². The van der Waals surface area contributed by atoms with Crippen LogP contribution in [0.15, 0.2) is 36.4 Å². The Morgan fingerprint density at radius 3 is 2.65 bits per heavy atom. The summed E-state index contributed by atoms with van der Waals surface area (Å²) in [7, 11) is 0. The van der Waals surface area contributed by atoms with Gasteiger partial charge < -0.3 is 5.11 Å². The van der Waals surface area contributed by atoms with Gasteiger partial charge in [0.1, 0.15) is 0 Å². The van der Waals surface area contributed by atoms with Gasteiger partial charge in [-0.05, 0) is 31.7 Å². The average molecular weight is 230 g/mol. The predicted octanol–water partition coefficient (Wildman–Crippen LogP) is 4.16. The fraction of sp³-hybridized carbons (Fsp3) is 0.500. The maximum atomic E-state index is 10.4. The number of rotatable bonds is 2. The zero-order valence-electron chi connectivity index (χ0n) is 10.6. The number of allylic oxidation sites excluding steroid dienone is 1. The molecule has 1 heteroatoms. The van der Waals surface area contributed by atoms with Crippen molar-refractivity contribution in [1.29, 1.82) is 0 Å². The van der Waals surface area contributed by atoms with Crippen molar-refractivity contribution in [1.82, 2.24) is 0 Å². The Balaban J connectivity index is 2.09. The topological polar surface area (TPSA) is 20.2 Å². The lowest BCUT2D eigenvalue weighted by molar-refractivity contribution is 0.124. The first-order valence-electron chi connectivity index (χ1n) is 6.68. The first kappa shape index (κ1) is 12.4. The van der Waals surface area contributed by atoms with Gasteiger partial charge >= 0.3 is 0 Å². The fourth-order valence-corrected chi connectivity index (χ4v) is 2.46. The minimum absolute atomic E-state index is 0.290. The van der Waals surface area contributed by atoms with Crippen LogP contribution < -0.4 is 0 Å². The molecule has 0 heterocycles. The molecule has 0 saturated heterocycles. The summed E-state index contributed by atoms with van der Waals surface area (Å²) in [6.45, 7) is 2.08. The Kier molecular flexibility index (Phi) is 4.38. The molecular weight excluding hydrogens is 208 g/mol.